The Morgan fingerprint density at radius 1 is 1.10 bits per heavy atom. The highest BCUT2D eigenvalue weighted by atomic mass is 19.1. The van der Waals surface area contributed by atoms with Crippen molar-refractivity contribution in [3.8, 4) is 0 Å². The van der Waals surface area contributed by atoms with Crippen molar-refractivity contribution in [3.63, 3.8) is 0 Å². The lowest BCUT2D eigenvalue weighted by atomic mass is 10.2. The number of amides is 1. The number of rotatable bonds is 4. The van der Waals surface area contributed by atoms with Crippen molar-refractivity contribution in [2.45, 2.75) is 13.8 Å². The number of benzene rings is 2. The van der Waals surface area contributed by atoms with Crippen molar-refractivity contribution in [3.05, 3.63) is 59.4 Å². The van der Waals surface area contributed by atoms with Crippen LogP contribution in [0.2, 0.25) is 0 Å². The molecule has 0 radical (unpaired) electrons. The molecule has 0 aromatic heterocycles. The van der Waals surface area contributed by atoms with Gasteiger partial charge in [-0.2, -0.15) is 0 Å². The van der Waals surface area contributed by atoms with Gasteiger partial charge in [-0.15, -0.1) is 0 Å². The minimum atomic E-state index is -0.353. The fourth-order valence-corrected chi connectivity index (χ4v) is 1.85. The van der Waals surface area contributed by atoms with Crippen molar-refractivity contribution in [2.75, 3.05) is 17.2 Å². The number of carbonyl (C=O) groups is 1. The summed E-state index contributed by atoms with van der Waals surface area (Å²) in [6.07, 6.45) is 0. The van der Waals surface area contributed by atoms with Crippen LogP contribution in [0.3, 0.4) is 0 Å². The highest BCUT2D eigenvalue weighted by molar-refractivity contribution is 5.94. The van der Waals surface area contributed by atoms with E-state index in [4.69, 9.17) is 0 Å². The second-order valence-corrected chi connectivity index (χ2v) is 4.70. The predicted octanol–water partition coefficient (Wildman–Crippen LogP) is 3.49. The van der Waals surface area contributed by atoms with Gasteiger partial charge in [-0.1, -0.05) is 24.3 Å². The first-order valence-corrected chi connectivity index (χ1v) is 6.42. The molecule has 0 aliphatic rings. The van der Waals surface area contributed by atoms with Crippen LogP contribution in [-0.2, 0) is 4.79 Å². The average Bonchev–Trinajstić information content (AvgIpc) is 2.40. The summed E-state index contributed by atoms with van der Waals surface area (Å²) in [7, 11) is 0. The summed E-state index contributed by atoms with van der Waals surface area (Å²) in [5, 5.41) is 5.58. The van der Waals surface area contributed by atoms with Gasteiger partial charge in [0, 0.05) is 5.69 Å². The van der Waals surface area contributed by atoms with E-state index in [1.54, 1.807) is 12.1 Å². The molecule has 3 nitrogen and oxygen atoms in total. The fraction of sp³-hybridized carbons (Fsp3) is 0.188. The van der Waals surface area contributed by atoms with E-state index < -0.39 is 0 Å². The van der Waals surface area contributed by atoms with E-state index in [-0.39, 0.29) is 18.3 Å². The van der Waals surface area contributed by atoms with Gasteiger partial charge in [0.2, 0.25) is 5.91 Å². The zero-order valence-corrected chi connectivity index (χ0v) is 11.5. The molecule has 0 saturated carbocycles. The van der Waals surface area contributed by atoms with Crippen LogP contribution >= 0.6 is 0 Å². The van der Waals surface area contributed by atoms with Gasteiger partial charge < -0.3 is 10.6 Å². The van der Waals surface area contributed by atoms with Crippen LogP contribution < -0.4 is 10.6 Å². The number of para-hydroxylation sites is 1. The van der Waals surface area contributed by atoms with E-state index in [9.17, 15) is 9.18 Å². The number of halogens is 1. The Kier molecular flexibility index (Phi) is 4.35. The largest absolute Gasteiger partial charge is 0.374 e. The second kappa shape index (κ2) is 6.19. The van der Waals surface area contributed by atoms with E-state index in [1.165, 1.54) is 6.07 Å². The SMILES string of the molecule is Cc1ccc(NCC(=O)Nc2ccccc2C)c(F)c1. The zero-order valence-electron chi connectivity index (χ0n) is 11.5. The number of aryl methyl sites for hydroxylation is 2. The molecule has 2 rings (SSSR count). The number of hydrogen-bond donors (Lipinski definition) is 2. The molecule has 0 fully saturated rings. The Morgan fingerprint density at radius 3 is 2.55 bits per heavy atom. The topological polar surface area (TPSA) is 41.1 Å². The Labute approximate surface area is 117 Å². The van der Waals surface area contributed by atoms with Crippen molar-refractivity contribution in [1.29, 1.82) is 0 Å². The Balaban J connectivity index is 1.94. The quantitative estimate of drug-likeness (QED) is 0.894. The third-order valence-corrected chi connectivity index (χ3v) is 2.98. The third kappa shape index (κ3) is 3.57. The average molecular weight is 272 g/mol. The van der Waals surface area contributed by atoms with E-state index in [0.717, 1.165) is 16.8 Å². The van der Waals surface area contributed by atoms with Crippen molar-refractivity contribution < 1.29 is 9.18 Å². The van der Waals surface area contributed by atoms with Crippen molar-refractivity contribution in [2.24, 2.45) is 0 Å². The molecule has 0 spiro atoms. The summed E-state index contributed by atoms with van der Waals surface area (Å²) < 4.78 is 13.6. The minimum Gasteiger partial charge on any atom is -0.374 e. The highest BCUT2D eigenvalue weighted by Gasteiger charge is 2.06. The summed E-state index contributed by atoms with van der Waals surface area (Å²) in [6.45, 7) is 3.76. The maximum Gasteiger partial charge on any atom is 0.243 e. The lowest BCUT2D eigenvalue weighted by molar-refractivity contribution is -0.114. The molecule has 2 aromatic rings. The lowest BCUT2D eigenvalue weighted by Crippen LogP contribution is -2.22. The normalized spacial score (nSPS) is 10.2. The zero-order chi connectivity index (χ0) is 14.5. The van der Waals surface area contributed by atoms with Gasteiger partial charge >= 0.3 is 0 Å². The molecule has 0 bridgehead atoms. The predicted molar refractivity (Wildman–Crippen MR) is 79.4 cm³/mol. The molecule has 1 amide bonds. The standard InChI is InChI=1S/C16H17FN2O/c1-11-7-8-15(13(17)9-11)18-10-16(20)19-14-6-4-3-5-12(14)2/h3-9,18H,10H2,1-2H3,(H,19,20). The molecular formula is C16H17FN2O. The van der Waals surface area contributed by atoms with Gasteiger partial charge in [-0.05, 0) is 43.2 Å². The molecule has 0 unspecified atom stereocenters. The smallest absolute Gasteiger partial charge is 0.243 e. The van der Waals surface area contributed by atoms with Crippen LogP contribution in [0.25, 0.3) is 0 Å². The second-order valence-electron chi connectivity index (χ2n) is 4.70. The summed E-state index contributed by atoms with van der Waals surface area (Å²) in [5.41, 5.74) is 2.93. The maximum absolute atomic E-state index is 13.6. The van der Waals surface area contributed by atoms with Crippen molar-refractivity contribution in [1.82, 2.24) is 0 Å². The van der Waals surface area contributed by atoms with Crippen LogP contribution in [-0.4, -0.2) is 12.5 Å². The van der Waals surface area contributed by atoms with Crippen LogP contribution in [0.1, 0.15) is 11.1 Å². The third-order valence-electron chi connectivity index (χ3n) is 2.98. The highest BCUT2D eigenvalue weighted by Crippen LogP contribution is 2.15. The van der Waals surface area contributed by atoms with Gasteiger partial charge in [-0.3, -0.25) is 4.79 Å². The summed E-state index contributed by atoms with van der Waals surface area (Å²) >= 11 is 0. The first-order valence-electron chi connectivity index (χ1n) is 6.42. The fourth-order valence-electron chi connectivity index (χ4n) is 1.85. The van der Waals surface area contributed by atoms with Gasteiger partial charge in [0.1, 0.15) is 5.82 Å². The Morgan fingerprint density at radius 2 is 1.85 bits per heavy atom. The molecular weight excluding hydrogens is 255 g/mol. The number of anilines is 2. The summed E-state index contributed by atoms with van der Waals surface area (Å²) in [5.74, 6) is -0.562. The minimum absolute atomic E-state index is 0.0221. The van der Waals surface area contributed by atoms with Gasteiger partial charge in [-0.25, -0.2) is 4.39 Å². The Hall–Kier alpha value is -2.36. The van der Waals surface area contributed by atoms with Crippen LogP contribution in [0.4, 0.5) is 15.8 Å². The summed E-state index contributed by atoms with van der Waals surface area (Å²) in [6, 6.07) is 12.4. The monoisotopic (exact) mass is 272 g/mol. The molecule has 0 atom stereocenters. The first kappa shape index (κ1) is 14.1. The molecule has 2 N–H and O–H groups in total. The molecule has 20 heavy (non-hydrogen) atoms. The Bertz CT molecular complexity index is 626. The molecule has 0 aliphatic carbocycles. The van der Waals surface area contributed by atoms with Gasteiger partial charge in [0.25, 0.3) is 0 Å². The number of hydrogen-bond acceptors (Lipinski definition) is 2. The van der Waals surface area contributed by atoms with Crippen LogP contribution in [0, 0.1) is 19.7 Å². The molecule has 0 heterocycles. The van der Waals surface area contributed by atoms with Crippen LogP contribution in [0.15, 0.2) is 42.5 Å². The van der Waals surface area contributed by atoms with E-state index >= 15 is 0 Å². The molecule has 4 heteroatoms. The van der Waals surface area contributed by atoms with E-state index in [0.29, 0.717) is 5.69 Å². The van der Waals surface area contributed by atoms with E-state index in [1.807, 2.05) is 38.1 Å². The van der Waals surface area contributed by atoms with Crippen molar-refractivity contribution >= 4 is 17.3 Å². The number of nitrogens with one attached hydrogen (secondary N) is 2. The van der Waals surface area contributed by atoms with Gasteiger partial charge in [0.05, 0.1) is 12.2 Å². The van der Waals surface area contributed by atoms with Crippen LogP contribution in [0.5, 0.6) is 0 Å². The molecule has 0 aliphatic heterocycles. The van der Waals surface area contributed by atoms with Gasteiger partial charge in [0.15, 0.2) is 0 Å². The van der Waals surface area contributed by atoms with E-state index in [2.05, 4.69) is 10.6 Å². The first-order chi connectivity index (χ1) is 9.56. The lowest BCUT2D eigenvalue weighted by Gasteiger charge is -2.10. The molecule has 0 saturated heterocycles. The molecule has 2 aromatic carbocycles. The number of carbonyl (C=O) groups excluding carboxylic acids is 1. The maximum atomic E-state index is 13.6. The molecule has 104 valence electrons. The summed E-state index contributed by atoms with van der Waals surface area (Å²) in [4.78, 5) is 11.8.